The van der Waals surface area contributed by atoms with Gasteiger partial charge in [-0.15, -0.1) is 0 Å². The topological polar surface area (TPSA) is 89.4 Å². The molecule has 0 amide bonds. The van der Waals surface area contributed by atoms with Crippen LogP contribution in [0.1, 0.15) is 26.2 Å². The zero-order chi connectivity index (χ0) is 22.1. The Labute approximate surface area is 194 Å². The lowest BCUT2D eigenvalue weighted by Gasteiger charge is -2.19. The third-order valence-corrected chi connectivity index (χ3v) is 5.48. The molecule has 1 aromatic carbocycles. The third kappa shape index (κ3) is 7.13. The van der Waals surface area contributed by atoms with E-state index in [4.69, 9.17) is 21.1 Å². The smallest absolute Gasteiger partial charge is 0.286 e. The second-order valence-corrected chi connectivity index (χ2v) is 11.0. The van der Waals surface area contributed by atoms with E-state index in [2.05, 4.69) is 14.7 Å². The van der Waals surface area contributed by atoms with Gasteiger partial charge in [0, 0.05) is 13.3 Å². The van der Waals surface area contributed by atoms with Crippen LogP contribution in [0.25, 0.3) is 0 Å². The predicted molar refractivity (Wildman–Crippen MR) is 130 cm³/mol. The third-order valence-electron chi connectivity index (χ3n) is 4.07. The number of para-hydroxylation sites is 2. The number of nitrogens with zero attached hydrogens (tertiary/aromatic N) is 2. The number of allylic oxidation sites excluding steroid dienone is 5. The zero-order valence-corrected chi connectivity index (χ0v) is 20.6. The number of hydrogen-bond donors (Lipinski definition) is 1. The molecule has 0 radical (unpaired) electrons. The van der Waals surface area contributed by atoms with E-state index < -0.39 is 7.19 Å². The summed E-state index contributed by atoms with van der Waals surface area (Å²) in [5.41, 5.74) is 1.96. The van der Waals surface area contributed by atoms with Crippen molar-refractivity contribution in [3.8, 4) is 11.5 Å². The van der Waals surface area contributed by atoms with Gasteiger partial charge in [0.15, 0.2) is 22.4 Å². The first-order chi connectivity index (χ1) is 14.3. The molecule has 0 saturated carbocycles. The summed E-state index contributed by atoms with van der Waals surface area (Å²) in [5.74, 6) is 1.01. The second-order valence-electron chi connectivity index (χ2n) is 6.08. The second kappa shape index (κ2) is 11.5. The lowest BCUT2D eigenvalue weighted by atomic mass is 10.1. The number of hydrogen-bond acceptors (Lipinski definition) is 6. The number of benzene rings is 1. The molecule has 1 aromatic rings. The van der Waals surface area contributed by atoms with E-state index in [1.165, 1.54) is 28.3 Å². The number of rotatable bonds is 8. The van der Waals surface area contributed by atoms with E-state index in [0.717, 1.165) is 12.0 Å². The SMILES string of the molecule is CC/C(=C\C=NC)C1=CCCC(NS(=O)(=O)I)=C(Oc2ccccc2OC)C(Cl)=N1. The maximum atomic E-state index is 11.9. The highest BCUT2D eigenvalue weighted by Gasteiger charge is 2.22. The molecule has 0 atom stereocenters. The summed E-state index contributed by atoms with van der Waals surface area (Å²) < 4.78 is 37.6. The monoisotopic (exact) mass is 563 g/mol. The van der Waals surface area contributed by atoms with Gasteiger partial charge in [-0.05, 0) is 43.0 Å². The first-order valence-electron chi connectivity index (χ1n) is 9.11. The standard InChI is InChI=1S/C20H23ClIN3O4S/c1-4-14(12-13-23-2)15-8-7-9-16(25-30(22,26)27)19(20(21)24-15)29-18-11-6-5-10-17(18)28-3/h5-6,8,10-13,25H,4,7,9H2,1-3H3/b14-12+,15-8?,19-16?,23-13?,24-20?. The highest BCUT2D eigenvalue weighted by Crippen LogP contribution is 2.31. The van der Waals surface area contributed by atoms with Crippen molar-refractivity contribution >= 4 is 51.4 Å². The summed E-state index contributed by atoms with van der Waals surface area (Å²) >= 11 is 7.87. The van der Waals surface area contributed by atoms with Gasteiger partial charge in [-0.3, -0.25) is 9.71 Å². The highest BCUT2D eigenvalue weighted by atomic mass is 127. The number of aliphatic imine (C=N–C) groups is 2. The molecule has 1 aliphatic rings. The van der Waals surface area contributed by atoms with Crippen LogP contribution in [0, 0.1) is 0 Å². The van der Waals surface area contributed by atoms with Gasteiger partial charge in [0.25, 0.3) is 7.19 Å². The first kappa shape index (κ1) is 24.4. The molecular formula is C20H23ClIN3O4S. The van der Waals surface area contributed by atoms with Crippen LogP contribution in [0.3, 0.4) is 0 Å². The van der Waals surface area contributed by atoms with Gasteiger partial charge in [0.05, 0.1) is 39.7 Å². The zero-order valence-electron chi connectivity index (χ0n) is 16.9. The molecule has 1 N–H and O–H groups in total. The van der Waals surface area contributed by atoms with Crippen molar-refractivity contribution in [3.63, 3.8) is 0 Å². The molecule has 7 nitrogen and oxygen atoms in total. The maximum Gasteiger partial charge on any atom is 0.286 e. The number of nitrogens with one attached hydrogen (secondary N) is 1. The number of methoxy groups -OCH3 is 1. The fourth-order valence-electron chi connectivity index (χ4n) is 2.71. The molecule has 30 heavy (non-hydrogen) atoms. The van der Waals surface area contributed by atoms with Crippen LogP contribution in [-0.2, 0) is 7.19 Å². The van der Waals surface area contributed by atoms with Gasteiger partial charge in [-0.1, -0.05) is 36.7 Å². The normalized spacial score (nSPS) is 16.0. The minimum Gasteiger partial charge on any atom is -0.493 e. The minimum absolute atomic E-state index is 0.0298. The molecule has 10 heteroatoms. The highest BCUT2D eigenvalue weighted by molar-refractivity contribution is 14.2. The van der Waals surface area contributed by atoms with Crippen LogP contribution >= 0.6 is 32.8 Å². The molecule has 1 aliphatic heterocycles. The fourth-order valence-corrected chi connectivity index (χ4v) is 4.24. The van der Waals surface area contributed by atoms with E-state index in [1.54, 1.807) is 37.5 Å². The van der Waals surface area contributed by atoms with Crippen LogP contribution in [0.5, 0.6) is 11.5 Å². The molecule has 0 unspecified atom stereocenters. The molecule has 162 valence electrons. The van der Waals surface area contributed by atoms with Crippen LogP contribution in [0.4, 0.5) is 0 Å². The Kier molecular flexibility index (Phi) is 9.37. The van der Waals surface area contributed by atoms with E-state index in [1.807, 2.05) is 19.1 Å². The van der Waals surface area contributed by atoms with Gasteiger partial charge in [0.2, 0.25) is 0 Å². The van der Waals surface area contributed by atoms with Crippen LogP contribution in [0.2, 0.25) is 0 Å². The van der Waals surface area contributed by atoms with Gasteiger partial charge < -0.3 is 9.47 Å². The molecule has 0 aromatic heterocycles. The first-order valence-corrected chi connectivity index (χ1v) is 13.5. The fraction of sp³-hybridized carbons (Fsp3) is 0.300. The van der Waals surface area contributed by atoms with Crippen molar-refractivity contribution in [2.24, 2.45) is 9.98 Å². The summed E-state index contributed by atoms with van der Waals surface area (Å²) in [6.45, 7) is 2.01. The average molecular weight is 564 g/mol. The van der Waals surface area contributed by atoms with Gasteiger partial charge >= 0.3 is 0 Å². The summed E-state index contributed by atoms with van der Waals surface area (Å²) in [7, 11) is -0.362. The minimum atomic E-state index is -3.57. The van der Waals surface area contributed by atoms with Crippen molar-refractivity contribution in [1.29, 1.82) is 0 Å². The lowest BCUT2D eigenvalue weighted by Crippen LogP contribution is -2.23. The van der Waals surface area contributed by atoms with Crippen LogP contribution in [-0.4, -0.2) is 34.0 Å². The number of halogens is 2. The van der Waals surface area contributed by atoms with E-state index in [0.29, 0.717) is 35.7 Å². The molecule has 0 aliphatic carbocycles. The van der Waals surface area contributed by atoms with E-state index >= 15 is 0 Å². The van der Waals surface area contributed by atoms with Crippen molar-refractivity contribution in [1.82, 2.24) is 4.72 Å². The maximum absolute atomic E-state index is 11.9. The van der Waals surface area contributed by atoms with Crippen LogP contribution < -0.4 is 14.2 Å². The Hall–Kier alpha value is -1.85. The molecule has 0 saturated heterocycles. The molecule has 0 bridgehead atoms. The Balaban J connectivity index is 2.57. The van der Waals surface area contributed by atoms with E-state index in [9.17, 15) is 8.42 Å². The Morgan fingerprint density at radius 2 is 2.07 bits per heavy atom. The average Bonchev–Trinajstić information content (AvgIpc) is 2.69. The van der Waals surface area contributed by atoms with Crippen LogP contribution in [0.15, 0.2) is 69.1 Å². The Morgan fingerprint density at radius 3 is 2.67 bits per heavy atom. The molecule has 0 spiro atoms. The quantitative estimate of drug-likeness (QED) is 0.277. The Bertz CT molecular complexity index is 1030. The summed E-state index contributed by atoms with van der Waals surface area (Å²) in [6, 6.07) is 7.02. The molecule has 0 fully saturated rings. The molecule has 1 heterocycles. The molecule has 2 rings (SSSR count). The molecular weight excluding hydrogens is 541 g/mol. The Morgan fingerprint density at radius 1 is 1.37 bits per heavy atom. The summed E-state index contributed by atoms with van der Waals surface area (Å²) in [5, 5.41) is 0.0298. The summed E-state index contributed by atoms with van der Waals surface area (Å²) in [4.78, 5) is 8.51. The number of ether oxygens (including phenoxy) is 2. The van der Waals surface area contributed by atoms with Gasteiger partial charge in [0.1, 0.15) is 0 Å². The van der Waals surface area contributed by atoms with Gasteiger partial charge in [-0.2, -0.15) is 8.42 Å². The summed E-state index contributed by atoms with van der Waals surface area (Å²) in [6.07, 6.45) is 7.12. The largest absolute Gasteiger partial charge is 0.493 e. The van der Waals surface area contributed by atoms with Crippen molar-refractivity contribution in [2.45, 2.75) is 26.2 Å². The van der Waals surface area contributed by atoms with Crippen molar-refractivity contribution in [2.75, 3.05) is 14.2 Å². The lowest BCUT2D eigenvalue weighted by molar-refractivity contribution is 0.368. The predicted octanol–water partition coefficient (Wildman–Crippen LogP) is 4.91. The van der Waals surface area contributed by atoms with Crippen molar-refractivity contribution < 1.29 is 17.9 Å². The van der Waals surface area contributed by atoms with Crippen molar-refractivity contribution in [3.05, 3.63) is 59.1 Å². The van der Waals surface area contributed by atoms with Gasteiger partial charge in [-0.25, -0.2) is 4.99 Å². The van der Waals surface area contributed by atoms with E-state index in [-0.39, 0.29) is 10.9 Å².